The van der Waals surface area contributed by atoms with Crippen molar-refractivity contribution in [3.05, 3.63) is 39.0 Å². The van der Waals surface area contributed by atoms with E-state index in [0.717, 1.165) is 24.1 Å². The summed E-state index contributed by atoms with van der Waals surface area (Å²) >= 11 is 6.13. The third-order valence-electron chi connectivity index (χ3n) is 4.45. The zero-order chi connectivity index (χ0) is 17.4. The van der Waals surface area contributed by atoms with E-state index in [-0.39, 0.29) is 17.4 Å². The molecule has 1 saturated carbocycles. The molecule has 0 aliphatic heterocycles. The van der Waals surface area contributed by atoms with Crippen molar-refractivity contribution in [2.75, 3.05) is 12.4 Å². The quantitative estimate of drug-likeness (QED) is 0.893. The van der Waals surface area contributed by atoms with Crippen LogP contribution < -0.4 is 15.6 Å². The molecule has 0 aromatic carbocycles. The molecule has 0 saturated heterocycles. The Balaban J connectivity index is 1.98. The predicted molar refractivity (Wildman–Crippen MR) is 94.5 cm³/mol. The molecule has 1 aliphatic carbocycles. The molecule has 2 aromatic rings. The van der Waals surface area contributed by atoms with E-state index in [2.05, 4.69) is 15.3 Å². The first-order valence-electron chi connectivity index (χ1n) is 7.98. The molecular weight excluding hydrogens is 328 g/mol. The third kappa shape index (κ3) is 3.24. The largest absolute Gasteiger partial charge is 0.481 e. The lowest BCUT2D eigenvalue weighted by Gasteiger charge is -2.17. The summed E-state index contributed by atoms with van der Waals surface area (Å²) in [6.07, 6.45) is 3.91. The van der Waals surface area contributed by atoms with Crippen LogP contribution in [0, 0.1) is 19.8 Å². The van der Waals surface area contributed by atoms with Gasteiger partial charge >= 0.3 is 0 Å². The molecule has 1 N–H and O–H groups in total. The molecule has 0 unspecified atom stereocenters. The summed E-state index contributed by atoms with van der Waals surface area (Å²) < 4.78 is 6.89. The first-order chi connectivity index (χ1) is 11.4. The first kappa shape index (κ1) is 16.8. The van der Waals surface area contributed by atoms with Crippen molar-refractivity contribution in [3.8, 4) is 5.88 Å². The van der Waals surface area contributed by atoms with Gasteiger partial charge in [-0.05, 0) is 45.6 Å². The van der Waals surface area contributed by atoms with Gasteiger partial charge in [-0.2, -0.15) is 0 Å². The lowest BCUT2D eigenvalue weighted by atomic mass is 10.2. The van der Waals surface area contributed by atoms with E-state index in [1.54, 1.807) is 17.9 Å². The molecule has 0 bridgehead atoms. The van der Waals surface area contributed by atoms with Gasteiger partial charge in [0, 0.05) is 17.8 Å². The second-order valence-electron chi connectivity index (χ2n) is 6.28. The Hall–Kier alpha value is -2.08. The van der Waals surface area contributed by atoms with E-state index in [9.17, 15) is 4.79 Å². The van der Waals surface area contributed by atoms with Crippen LogP contribution in [0.3, 0.4) is 0 Å². The highest BCUT2D eigenvalue weighted by Crippen LogP contribution is 2.39. The number of hydrogen-bond acceptors (Lipinski definition) is 5. The molecule has 1 aliphatic rings. The van der Waals surface area contributed by atoms with Crippen LogP contribution in [-0.4, -0.2) is 21.6 Å². The molecule has 0 amide bonds. The number of pyridine rings is 1. The van der Waals surface area contributed by atoms with Gasteiger partial charge in [0.05, 0.1) is 18.5 Å². The van der Waals surface area contributed by atoms with Crippen molar-refractivity contribution >= 4 is 23.1 Å². The molecule has 128 valence electrons. The van der Waals surface area contributed by atoms with Crippen molar-refractivity contribution < 1.29 is 4.74 Å². The summed E-state index contributed by atoms with van der Waals surface area (Å²) in [5.41, 5.74) is 2.14. The van der Waals surface area contributed by atoms with Crippen molar-refractivity contribution in [1.29, 1.82) is 0 Å². The SMILES string of the molecule is COc1nc(C)c(Nc2nc(Cl)cn([C@H](C)C3CC3)c2=O)cc1C. The highest BCUT2D eigenvalue weighted by atomic mass is 35.5. The molecule has 1 fully saturated rings. The minimum Gasteiger partial charge on any atom is -0.481 e. The Morgan fingerprint density at radius 2 is 2.08 bits per heavy atom. The number of halogens is 1. The Kier molecular flexibility index (Phi) is 4.49. The number of methoxy groups -OCH3 is 1. The van der Waals surface area contributed by atoms with E-state index in [4.69, 9.17) is 16.3 Å². The molecule has 2 heterocycles. The standard InChI is InChI=1S/C17H21ClN4O2/c1-9-7-13(10(2)19-16(9)24-4)20-15-17(23)22(8-14(18)21-15)11(3)12-5-6-12/h7-8,11-12H,5-6H2,1-4H3,(H,20,21)/t11-/m1/s1. The minimum atomic E-state index is -0.174. The summed E-state index contributed by atoms with van der Waals surface area (Å²) in [5, 5.41) is 3.37. The molecule has 3 rings (SSSR count). The molecule has 7 heteroatoms. The number of anilines is 2. The lowest BCUT2D eigenvalue weighted by molar-refractivity contribution is 0.394. The minimum absolute atomic E-state index is 0.121. The Labute approximate surface area is 145 Å². The van der Waals surface area contributed by atoms with Crippen LogP contribution in [-0.2, 0) is 0 Å². The molecule has 6 nitrogen and oxygen atoms in total. The summed E-state index contributed by atoms with van der Waals surface area (Å²) in [6, 6.07) is 2.01. The second kappa shape index (κ2) is 6.43. The number of aryl methyl sites for hydroxylation is 2. The number of nitrogens with one attached hydrogen (secondary N) is 1. The smallest absolute Gasteiger partial charge is 0.294 e. The molecule has 0 spiro atoms. The van der Waals surface area contributed by atoms with Crippen molar-refractivity contribution in [2.24, 2.45) is 5.92 Å². The Morgan fingerprint density at radius 3 is 2.71 bits per heavy atom. The normalized spacial score (nSPS) is 15.2. The van der Waals surface area contributed by atoms with Crippen LogP contribution in [0.4, 0.5) is 11.5 Å². The van der Waals surface area contributed by atoms with E-state index < -0.39 is 0 Å². The van der Waals surface area contributed by atoms with E-state index in [1.165, 1.54) is 0 Å². The van der Waals surface area contributed by atoms with Crippen LogP contribution in [0.15, 0.2) is 17.1 Å². The van der Waals surface area contributed by atoms with Gasteiger partial charge in [0.25, 0.3) is 5.56 Å². The predicted octanol–water partition coefficient (Wildman–Crippen LogP) is 3.63. The van der Waals surface area contributed by atoms with Crippen LogP contribution in [0.1, 0.15) is 37.1 Å². The molecule has 0 radical (unpaired) electrons. The number of ether oxygens (including phenoxy) is 1. The average Bonchev–Trinajstić information content (AvgIpc) is 3.37. The second-order valence-corrected chi connectivity index (χ2v) is 6.66. The third-order valence-corrected chi connectivity index (χ3v) is 4.63. The first-order valence-corrected chi connectivity index (χ1v) is 8.36. The molecular formula is C17H21ClN4O2. The van der Waals surface area contributed by atoms with E-state index in [0.29, 0.717) is 22.6 Å². The Morgan fingerprint density at radius 1 is 1.38 bits per heavy atom. The van der Waals surface area contributed by atoms with Crippen LogP contribution in [0.5, 0.6) is 5.88 Å². The number of aromatic nitrogens is 3. The monoisotopic (exact) mass is 348 g/mol. The topological polar surface area (TPSA) is 69.0 Å². The maximum atomic E-state index is 12.8. The van der Waals surface area contributed by atoms with Gasteiger partial charge in [-0.3, -0.25) is 4.79 Å². The zero-order valence-corrected chi connectivity index (χ0v) is 15.0. The molecule has 24 heavy (non-hydrogen) atoms. The van der Waals surface area contributed by atoms with Gasteiger partial charge in [0.15, 0.2) is 5.82 Å². The van der Waals surface area contributed by atoms with Crippen LogP contribution in [0.25, 0.3) is 0 Å². The molecule has 2 aromatic heterocycles. The fourth-order valence-electron chi connectivity index (χ4n) is 2.81. The summed E-state index contributed by atoms with van der Waals surface area (Å²) in [7, 11) is 1.58. The summed E-state index contributed by atoms with van der Waals surface area (Å²) in [6.45, 7) is 5.79. The van der Waals surface area contributed by atoms with E-state index >= 15 is 0 Å². The molecule has 1 atom stereocenters. The van der Waals surface area contributed by atoms with Gasteiger partial charge < -0.3 is 14.6 Å². The lowest BCUT2D eigenvalue weighted by Crippen LogP contribution is -2.27. The fraction of sp³-hybridized carbons (Fsp3) is 0.471. The van der Waals surface area contributed by atoms with Crippen LogP contribution in [0.2, 0.25) is 5.15 Å². The van der Waals surface area contributed by atoms with Gasteiger partial charge in [0.1, 0.15) is 5.15 Å². The van der Waals surface area contributed by atoms with Crippen molar-refractivity contribution in [1.82, 2.24) is 14.5 Å². The highest BCUT2D eigenvalue weighted by Gasteiger charge is 2.30. The summed E-state index contributed by atoms with van der Waals surface area (Å²) in [5.74, 6) is 1.32. The van der Waals surface area contributed by atoms with Gasteiger partial charge in [-0.25, -0.2) is 9.97 Å². The fourth-order valence-corrected chi connectivity index (χ4v) is 3.00. The maximum Gasteiger partial charge on any atom is 0.294 e. The van der Waals surface area contributed by atoms with Crippen LogP contribution >= 0.6 is 11.6 Å². The number of nitrogens with zero attached hydrogens (tertiary/aromatic N) is 3. The number of rotatable bonds is 5. The zero-order valence-electron chi connectivity index (χ0n) is 14.3. The summed E-state index contributed by atoms with van der Waals surface area (Å²) in [4.78, 5) is 21.3. The Bertz CT molecular complexity index is 830. The van der Waals surface area contributed by atoms with Crippen molar-refractivity contribution in [3.63, 3.8) is 0 Å². The average molecular weight is 349 g/mol. The van der Waals surface area contributed by atoms with Gasteiger partial charge in [0.2, 0.25) is 5.88 Å². The van der Waals surface area contributed by atoms with E-state index in [1.807, 2.05) is 26.8 Å². The highest BCUT2D eigenvalue weighted by molar-refractivity contribution is 6.29. The van der Waals surface area contributed by atoms with Crippen molar-refractivity contribution in [2.45, 2.75) is 39.7 Å². The van der Waals surface area contributed by atoms with Gasteiger partial charge in [-0.15, -0.1) is 0 Å². The number of hydrogen-bond donors (Lipinski definition) is 1. The maximum absolute atomic E-state index is 12.8. The van der Waals surface area contributed by atoms with Gasteiger partial charge in [-0.1, -0.05) is 11.6 Å².